The molecule has 0 heterocycles. The van der Waals surface area contributed by atoms with Crippen molar-refractivity contribution in [2.45, 2.75) is 13.0 Å². The number of rotatable bonds is 5. The highest BCUT2D eigenvalue weighted by Gasteiger charge is 2.13. The predicted octanol–water partition coefficient (Wildman–Crippen LogP) is 1.31. The first-order chi connectivity index (χ1) is 7.99. The molecule has 0 saturated heterocycles. The van der Waals surface area contributed by atoms with E-state index in [0.717, 1.165) is 0 Å². The number of carboxylic acid groups (broad SMARTS) is 1. The van der Waals surface area contributed by atoms with Gasteiger partial charge in [0.15, 0.2) is 6.61 Å². The molecule has 0 saturated carbocycles. The second kappa shape index (κ2) is 6.10. The molecule has 1 atom stereocenters. The zero-order valence-electron chi connectivity index (χ0n) is 9.14. The van der Waals surface area contributed by atoms with Crippen LogP contribution in [0.5, 0.6) is 5.75 Å². The maximum atomic E-state index is 11.3. The molecule has 0 unspecified atom stereocenters. The number of carbonyl (C=O) groups excluding carboxylic acids is 1. The fourth-order valence-corrected chi connectivity index (χ4v) is 1.23. The Hall–Kier alpha value is -1.75. The molecule has 6 heteroatoms. The van der Waals surface area contributed by atoms with E-state index in [1.165, 1.54) is 6.92 Å². The summed E-state index contributed by atoms with van der Waals surface area (Å²) in [6.07, 6.45) is 0. The molecule has 0 radical (unpaired) electrons. The number of ether oxygens (including phenoxy) is 1. The molecule has 0 spiro atoms. The SMILES string of the molecule is C[C@H](NC(=O)COc1cccc(Cl)c1)C(=O)O. The van der Waals surface area contributed by atoms with Gasteiger partial charge in [0.1, 0.15) is 11.8 Å². The van der Waals surface area contributed by atoms with Crippen LogP contribution in [0, 0.1) is 0 Å². The van der Waals surface area contributed by atoms with Crippen LogP contribution in [-0.2, 0) is 9.59 Å². The Morgan fingerprint density at radius 2 is 2.24 bits per heavy atom. The summed E-state index contributed by atoms with van der Waals surface area (Å²) < 4.78 is 5.14. The first-order valence-electron chi connectivity index (χ1n) is 4.89. The third-order valence-electron chi connectivity index (χ3n) is 1.91. The smallest absolute Gasteiger partial charge is 0.325 e. The number of aliphatic carboxylic acids is 1. The number of hydrogen-bond acceptors (Lipinski definition) is 3. The Morgan fingerprint density at radius 1 is 1.53 bits per heavy atom. The average molecular weight is 258 g/mol. The van der Waals surface area contributed by atoms with E-state index in [4.69, 9.17) is 21.4 Å². The number of carboxylic acids is 1. The van der Waals surface area contributed by atoms with Gasteiger partial charge in [-0.1, -0.05) is 17.7 Å². The summed E-state index contributed by atoms with van der Waals surface area (Å²) in [6, 6.07) is 5.65. The maximum Gasteiger partial charge on any atom is 0.325 e. The van der Waals surface area contributed by atoms with Gasteiger partial charge in [-0.05, 0) is 25.1 Å². The summed E-state index contributed by atoms with van der Waals surface area (Å²) >= 11 is 5.73. The lowest BCUT2D eigenvalue weighted by molar-refractivity contribution is -0.141. The molecule has 1 aromatic rings. The second-order valence-corrected chi connectivity index (χ2v) is 3.81. The van der Waals surface area contributed by atoms with Crippen LogP contribution in [0.2, 0.25) is 5.02 Å². The zero-order valence-corrected chi connectivity index (χ0v) is 9.90. The topological polar surface area (TPSA) is 75.6 Å². The van der Waals surface area contributed by atoms with Gasteiger partial charge in [0, 0.05) is 5.02 Å². The monoisotopic (exact) mass is 257 g/mol. The highest BCUT2D eigenvalue weighted by Crippen LogP contribution is 2.16. The first-order valence-corrected chi connectivity index (χ1v) is 5.27. The quantitative estimate of drug-likeness (QED) is 0.834. The average Bonchev–Trinajstić information content (AvgIpc) is 2.26. The van der Waals surface area contributed by atoms with E-state index >= 15 is 0 Å². The third kappa shape index (κ3) is 4.74. The van der Waals surface area contributed by atoms with Gasteiger partial charge in [-0.15, -0.1) is 0 Å². The van der Waals surface area contributed by atoms with E-state index in [2.05, 4.69) is 5.32 Å². The van der Waals surface area contributed by atoms with Crippen LogP contribution in [0.15, 0.2) is 24.3 Å². The molecule has 1 rings (SSSR count). The summed E-state index contributed by atoms with van der Waals surface area (Å²) in [4.78, 5) is 21.8. The van der Waals surface area contributed by atoms with Gasteiger partial charge in [0.2, 0.25) is 0 Å². The van der Waals surface area contributed by atoms with Crippen molar-refractivity contribution in [2.75, 3.05) is 6.61 Å². The molecule has 5 nitrogen and oxygen atoms in total. The minimum Gasteiger partial charge on any atom is -0.484 e. The summed E-state index contributed by atoms with van der Waals surface area (Å²) in [5.41, 5.74) is 0. The van der Waals surface area contributed by atoms with Crippen molar-refractivity contribution in [1.82, 2.24) is 5.32 Å². The van der Waals surface area contributed by atoms with Crippen molar-refractivity contribution in [3.8, 4) is 5.75 Å². The fraction of sp³-hybridized carbons (Fsp3) is 0.273. The highest BCUT2D eigenvalue weighted by atomic mass is 35.5. The van der Waals surface area contributed by atoms with Crippen LogP contribution >= 0.6 is 11.6 Å². The van der Waals surface area contributed by atoms with E-state index in [1.807, 2.05) is 0 Å². The number of carbonyl (C=O) groups is 2. The summed E-state index contributed by atoms with van der Waals surface area (Å²) in [5.74, 6) is -1.14. The van der Waals surface area contributed by atoms with Crippen molar-refractivity contribution in [3.05, 3.63) is 29.3 Å². The van der Waals surface area contributed by atoms with Gasteiger partial charge in [-0.3, -0.25) is 9.59 Å². The van der Waals surface area contributed by atoms with Crippen LogP contribution in [0.25, 0.3) is 0 Å². The van der Waals surface area contributed by atoms with Crippen LogP contribution in [0.3, 0.4) is 0 Å². The van der Waals surface area contributed by atoms with E-state index in [-0.39, 0.29) is 6.61 Å². The highest BCUT2D eigenvalue weighted by molar-refractivity contribution is 6.30. The molecule has 1 amide bonds. The Kier molecular flexibility index (Phi) is 4.78. The Balaban J connectivity index is 2.41. The minimum absolute atomic E-state index is 0.252. The molecule has 0 aromatic heterocycles. The minimum atomic E-state index is -1.10. The molecule has 0 aliphatic carbocycles. The molecule has 17 heavy (non-hydrogen) atoms. The Bertz CT molecular complexity index is 422. The fourth-order valence-electron chi connectivity index (χ4n) is 1.05. The van der Waals surface area contributed by atoms with Crippen LogP contribution in [-0.4, -0.2) is 29.6 Å². The van der Waals surface area contributed by atoms with Crippen molar-refractivity contribution in [1.29, 1.82) is 0 Å². The lowest BCUT2D eigenvalue weighted by atomic mass is 10.3. The van der Waals surface area contributed by atoms with Gasteiger partial charge in [0.25, 0.3) is 5.91 Å². The van der Waals surface area contributed by atoms with Crippen molar-refractivity contribution < 1.29 is 19.4 Å². The normalized spacial score (nSPS) is 11.6. The Labute approximate surface area is 103 Å². The molecule has 92 valence electrons. The molecular formula is C11H12ClNO4. The lowest BCUT2D eigenvalue weighted by Crippen LogP contribution is -2.40. The van der Waals surface area contributed by atoms with E-state index < -0.39 is 17.9 Å². The van der Waals surface area contributed by atoms with Gasteiger partial charge >= 0.3 is 5.97 Å². The number of hydrogen-bond donors (Lipinski definition) is 2. The van der Waals surface area contributed by atoms with Crippen LogP contribution < -0.4 is 10.1 Å². The van der Waals surface area contributed by atoms with Crippen LogP contribution in [0.4, 0.5) is 0 Å². The maximum absolute atomic E-state index is 11.3. The van der Waals surface area contributed by atoms with E-state index in [9.17, 15) is 9.59 Å². The lowest BCUT2D eigenvalue weighted by Gasteiger charge is -2.10. The van der Waals surface area contributed by atoms with Crippen molar-refractivity contribution in [3.63, 3.8) is 0 Å². The second-order valence-electron chi connectivity index (χ2n) is 3.37. The van der Waals surface area contributed by atoms with E-state index in [1.54, 1.807) is 24.3 Å². The molecular weight excluding hydrogens is 246 g/mol. The van der Waals surface area contributed by atoms with E-state index in [0.29, 0.717) is 10.8 Å². The van der Waals surface area contributed by atoms with Crippen LogP contribution in [0.1, 0.15) is 6.92 Å². The van der Waals surface area contributed by atoms with Gasteiger partial charge in [-0.25, -0.2) is 0 Å². The number of nitrogens with one attached hydrogen (secondary N) is 1. The third-order valence-corrected chi connectivity index (χ3v) is 2.15. The molecule has 0 fully saturated rings. The van der Waals surface area contributed by atoms with Gasteiger partial charge in [-0.2, -0.15) is 0 Å². The van der Waals surface area contributed by atoms with Crippen molar-refractivity contribution >= 4 is 23.5 Å². The van der Waals surface area contributed by atoms with Gasteiger partial charge < -0.3 is 15.2 Å². The predicted molar refractivity (Wildman–Crippen MR) is 62.2 cm³/mol. The summed E-state index contributed by atoms with van der Waals surface area (Å²) in [5, 5.41) is 11.3. The molecule has 1 aromatic carbocycles. The zero-order chi connectivity index (χ0) is 12.8. The van der Waals surface area contributed by atoms with Gasteiger partial charge in [0.05, 0.1) is 0 Å². The summed E-state index contributed by atoms with van der Waals surface area (Å²) in [7, 11) is 0. The largest absolute Gasteiger partial charge is 0.484 e. The molecule has 0 aliphatic heterocycles. The molecule has 0 aliphatic rings. The Morgan fingerprint density at radius 3 is 2.82 bits per heavy atom. The molecule has 0 bridgehead atoms. The molecule has 2 N–H and O–H groups in total. The standard InChI is InChI=1S/C11H12ClNO4/c1-7(11(15)16)13-10(14)6-17-9-4-2-3-8(12)5-9/h2-5,7H,6H2,1H3,(H,13,14)(H,15,16)/t7-/m0/s1. The number of benzene rings is 1. The summed E-state index contributed by atoms with van der Waals surface area (Å²) in [6.45, 7) is 1.12. The number of amides is 1. The number of halogens is 1. The van der Waals surface area contributed by atoms with Crippen molar-refractivity contribution in [2.24, 2.45) is 0 Å². The first kappa shape index (κ1) is 13.3.